The van der Waals surface area contributed by atoms with E-state index < -0.39 is 0 Å². The van der Waals surface area contributed by atoms with Gasteiger partial charge >= 0.3 is 0 Å². The Kier molecular flexibility index (Phi) is 4.12. The fourth-order valence-corrected chi connectivity index (χ4v) is 1.14. The zero-order valence-electron chi connectivity index (χ0n) is 8.95. The molecule has 4 nitrogen and oxygen atoms in total. The zero-order chi connectivity index (χ0) is 11.3. The molecule has 0 bridgehead atoms. The number of Topliss-reactive ketones (excluding diaryl/α,β-unsaturated/α-hetero) is 1. The minimum Gasteiger partial charge on any atom is -0.467 e. The molecule has 0 aliphatic rings. The maximum absolute atomic E-state index is 11.3. The quantitative estimate of drug-likeness (QED) is 0.348. The van der Waals surface area contributed by atoms with E-state index in [2.05, 4.69) is 0 Å². The number of carbonyl (C=O) groups excluding carboxylic acids is 1. The number of anilines is 1. The Bertz CT molecular complexity index is 350. The van der Waals surface area contributed by atoms with Crippen molar-refractivity contribution in [2.45, 2.75) is 13.8 Å². The summed E-state index contributed by atoms with van der Waals surface area (Å²) < 4.78 is 10.3. The highest BCUT2D eigenvalue weighted by molar-refractivity contribution is 5.97. The van der Waals surface area contributed by atoms with E-state index in [1.807, 2.05) is 6.92 Å². The molecule has 15 heavy (non-hydrogen) atoms. The van der Waals surface area contributed by atoms with Crippen molar-refractivity contribution in [2.75, 3.05) is 19.1 Å². The molecule has 0 aliphatic heterocycles. The van der Waals surface area contributed by atoms with E-state index in [0.29, 0.717) is 23.6 Å². The van der Waals surface area contributed by atoms with E-state index in [1.165, 1.54) is 6.92 Å². The number of ether oxygens (including phenoxy) is 2. The van der Waals surface area contributed by atoms with Crippen LogP contribution in [0.2, 0.25) is 0 Å². The zero-order valence-corrected chi connectivity index (χ0v) is 8.95. The number of rotatable bonds is 5. The van der Waals surface area contributed by atoms with E-state index in [-0.39, 0.29) is 12.6 Å². The van der Waals surface area contributed by atoms with Gasteiger partial charge < -0.3 is 15.2 Å². The third-order valence-electron chi connectivity index (χ3n) is 1.88. The van der Waals surface area contributed by atoms with Crippen LogP contribution in [0.25, 0.3) is 0 Å². The van der Waals surface area contributed by atoms with Gasteiger partial charge in [-0.05, 0) is 32.0 Å². The number of carbonyl (C=O) groups is 1. The Hall–Kier alpha value is -1.55. The highest BCUT2D eigenvalue weighted by Gasteiger charge is 2.08. The van der Waals surface area contributed by atoms with Gasteiger partial charge in [0.15, 0.2) is 12.6 Å². The molecule has 0 aromatic heterocycles. The van der Waals surface area contributed by atoms with E-state index in [4.69, 9.17) is 15.2 Å². The lowest BCUT2D eigenvalue weighted by Crippen LogP contribution is -2.06. The summed E-state index contributed by atoms with van der Waals surface area (Å²) in [6.07, 6.45) is 0. The number of nitrogen functional groups attached to an aromatic ring is 1. The van der Waals surface area contributed by atoms with E-state index >= 15 is 0 Å². The minimum atomic E-state index is -0.0752. The van der Waals surface area contributed by atoms with Gasteiger partial charge in [0.05, 0.1) is 5.56 Å². The summed E-state index contributed by atoms with van der Waals surface area (Å²) >= 11 is 0. The van der Waals surface area contributed by atoms with Crippen LogP contribution in [0.1, 0.15) is 24.2 Å². The van der Waals surface area contributed by atoms with Crippen molar-refractivity contribution in [1.82, 2.24) is 0 Å². The van der Waals surface area contributed by atoms with Crippen LogP contribution in [0, 0.1) is 0 Å². The number of hydrogen-bond acceptors (Lipinski definition) is 4. The fourth-order valence-electron chi connectivity index (χ4n) is 1.14. The summed E-state index contributed by atoms with van der Waals surface area (Å²) in [6, 6.07) is 4.96. The molecule has 0 radical (unpaired) electrons. The lowest BCUT2D eigenvalue weighted by molar-refractivity contribution is 0.0219. The standard InChI is InChI=1S/C11H15NO3/c1-3-14-7-15-11-5-4-9(12)6-10(11)8(2)13/h4-6H,3,7,12H2,1-2H3. The third kappa shape index (κ3) is 3.25. The molecule has 1 rings (SSSR count). The Labute approximate surface area is 89.0 Å². The summed E-state index contributed by atoms with van der Waals surface area (Å²) in [5, 5.41) is 0. The molecule has 0 spiro atoms. The van der Waals surface area contributed by atoms with Crippen LogP contribution < -0.4 is 10.5 Å². The maximum atomic E-state index is 11.3. The molecule has 0 atom stereocenters. The summed E-state index contributed by atoms with van der Waals surface area (Å²) in [4.78, 5) is 11.3. The molecule has 0 unspecified atom stereocenters. The van der Waals surface area contributed by atoms with Crippen LogP contribution in [-0.2, 0) is 4.74 Å². The number of hydrogen-bond donors (Lipinski definition) is 1. The largest absolute Gasteiger partial charge is 0.467 e. The molecule has 1 aromatic rings. The summed E-state index contributed by atoms with van der Waals surface area (Å²) in [5.74, 6) is 0.430. The first-order chi connectivity index (χ1) is 7.15. The van der Waals surface area contributed by atoms with Crippen molar-refractivity contribution in [3.63, 3.8) is 0 Å². The first kappa shape index (κ1) is 11.5. The van der Waals surface area contributed by atoms with E-state index in [0.717, 1.165) is 0 Å². The van der Waals surface area contributed by atoms with Crippen molar-refractivity contribution in [1.29, 1.82) is 0 Å². The first-order valence-corrected chi connectivity index (χ1v) is 4.76. The Balaban J connectivity index is 2.81. The second kappa shape index (κ2) is 5.36. The average molecular weight is 209 g/mol. The van der Waals surface area contributed by atoms with Gasteiger partial charge in [0, 0.05) is 12.3 Å². The van der Waals surface area contributed by atoms with Crippen molar-refractivity contribution in [2.24, 2.45) is 0 Å². The normalized spacial score (nSPS) is 10.0. The molecule has 0 amide bonds. The predicted molar refractivity (Wildman–Crippen MR) is 58.0 cm³/mol. The molecule has 82 valence electrons. The number of nitrogens with two attached hydrogens (primary N) is 1. The first-order valence-electron chi connectivity index (χ1n) is 4.76. The van der Waals surface area contributed by atoms with Crippen LogP contribution in [0.4, 0.5) is 5.69 Å². The van der Waals surface area contributed by atoms with E-state index in [9.17, 15) is 4.79 Å². The van der Waals surface area contributed by atoms with Gasteiger partial charge in [-0.2, -0.15) is 0 Å². The van der Waals surface area contributed by atoms with Gasteiger partial charge in [-0.15, -0.1) is 0 Å². The third-order valence-corrected chi connectivity index (χ3v) is 1.88. The Morgan fingerprint density at radius 2 is 2.20 bits per heavy atom. The van der Waals surface area contributed by atoms with Crippen LogP contribution >= 0.6 is 0 Å². The van der Waals surface area contributed by atoms with Crippen molar-refractivity contribution in [3.8, 4) is 5.75 Å². The second-order valence-electron chi connectivity index (χ2n) is 3.07. The molecule has 0 heterocycles. The lowest BCUT2D eigenvalue weighted by atomic mass is 10.1. The number of benzene rings is 1. The number of ketones is 1. The summed E-state index contributed by atoms with van der Waals surface area (Å²) in [7, 11) is 0. The highest BCUT2D eigenvalue weighted by Crippen LogP contribution is 2.21. The Morgan fingerprint density at radius 3 is 2.80 bits per heavy atom. The van der Waals surface area contributed by atoms with Crippen molar-refractivity contribution >= 4 is 11.5 Å². The van der Waals surface area contributed by atoms with Crippen molar-refractivity contribution < 1.29 is 14.3 Å². The van der Waals surface area contributed by atoms with Crippen molar-refractivity contribution in [3.05, 3.63) is 23.8 Å². The van der Waals surface area contributed by atoms with Crippen LogP contribution in [-0.4, -0.2) is 19.2 Å². The van der Waals surface area contributed by atoms with Crippen LogP contribution in [0.3, 0.4) is 0 Å². The van der Waals surface area contributed by atoms with Gasteiger partial charge in [0.25, 0.3) is 0 Å². The maximum Gasteiger partial charge on any atom is 0.189 e. The van der Waals surface area contributed by atoms with Gasteiger partial charge in [-0.25, -0.2) is 0 Å². The molecular weight excluding hydrogens is 194 g/mol. The minimum absolute atomic E-state index is 0.0752. The van der Waals surface area contributed by atoms with Crippen LogP contribution in [0.15, 0.2) is 18.2 Å². The van der Waals surface area contributed by atoms with Gasteiger partial charge in [0.2, 0.25) is 0 Å². The molecule has 2 N–H and O–H groups in total. The molecular formula is C11H15NO3. The summed E-state index contributed by atoms with van der Waals surface area (Å²) in [6.45, 7) is 4.06. The average Bonchev–Trinajstić information content (AvgIpc) is 2.20. The topological polar surface area (TPSA) is 61.6 Å². The SMILES string of the molecule is CCOCOc1ccc(N)cc1C(C)=O. The van der Waals surface area contributed by atoms with Gasteiger partial charge in [-0.3, -0.25) is 4.79 Å². The van der Waals surface area contributed by atoms with Crippen LogP contribution in [0.5, 0.6) is 5.75 Å². The fraction of sp³-hybridized carbons (Fsp3) is 0.364. The molecule has 0 saturated heterocycles. The molecule has 0 fully saturated rings. The predicted octanol–water partition coefficient (Wildman–Crippen LogP) is 1.84. The molecule has 1 aromatic carbocycles. The lowest BCUT2D eigenvalue weighted by Gasteiger charge is -2.09. The Morgan fingerprint density at radius 1 is 1.47 bits per heavy atom. The molecule has 0 saturated carbocycles. The monoisotopic (exact) mass is 209 g/mol. The van der Waals surface area contributed by atoms with E-state index in [1.54, 1.807) is 18.2 Å². The molecule has 0 aliphatic carbocycles. The second-order valence-corrected chi connectivity index (χ2v) is 3.07. The van der Waals surface area contributed by atoms with Gasteiger partial charge in [-0.1, -0.05) is 0 Å². The van der Waals surface area contributed by atoms with Gasteiger partial charge in [0.1, 0.15) is 5.75 Å². The summed E-state index contributed by atoms with van der Waals surface area (Å²) in [5.41, 5.74) is 6.61. The molecule has 4 heteroatoms. The smallest absolute Gasteiger partial charge is 0.189 e. The highest BCUT2D eigenvalue weighted by atomic mass is 16.7.